The van der Waals surface area contributed by atoms with Crippen LogP contribution in [-0.2, 0) is 6.54 Å². The minimum Gasteiger partial charge on any atom is -0.348 e. The zero-order valence-electron chi connectivity index (χ0n) is 8.62. The largest absolute Gasteiger partial charge is 0.348 e. The molecule has 0 radical (unpaired) electrons. The third-order valence-corrected chi connectivity index (χ3v) is 2.30. The fraction of sp³-hybridized carbons (Fsp3) is 0.455. The van der Waals surface area contributed by atoms with Crippen molar-refractivity contribution in [1.82, 2.24) is 4.57 Å². The van der Waals surface area contributed by atoms with E-state index >= 15 is 0 Å². The Morgan fingerprint density at radius 3 is 2.92 bits per heavy atom. The molecule has 2 N–H and O–H groups in total. The molecule has 1 aromatic heterocycles. The Kier molecular flexibility index (Phi) is 3.32. The Morgan fingerprint density at radius 1 is 1.69 bits per heavy atom. The molecular formula is C11H18N2. The maximum Gasteiger partial charge on any atom is 0.0406 e. The van der Waals surface area contributed by atoms with Crippen molar-refractivity contribution < 1.29 is 0 Å². The first-order valence-electron chi connectivity index (χ1n) is 4.74. The van der Waals surface area contributed by atoms with Crippen LogP contribution in [0.1, 0.15) is 26.5 Å². The highest BCUT2D eigenvalue weighted by molar-refractivity contribution is 5.50. The van der Waals surface area contributed by atoms with E-state index in [1.54, 1.807) is 0 Å². The van der Waals surface area contributed by atoms with Crippen LogP contribution in [0.25, 0.3) is 6.08 Å². The zero-order chi connectivity index (χ0) is 9.84. The zero-order valence-corrected chi connectivity index (χ0v) is 8.62. The highest BCUT2D eigenvalue weighted by atomic mass is 14.9. The van der Waals surface area contributed by atoms with Crippen LogP contribution < -0.4 is 5.73 Å². The third-order valence-electron chi connectivity index (χ3n) is 2.30. The summed E-state index contributed by atoms with van der Waals surface area (Å²) in [4.78, 5) is 0. The summed E-state index contributed by atoms with van der Waals surface area (Å²) >= 11 is 0. The van der Waals surface area contributed by atoms with Gasteiger partial charge >= 0.3 is 0 Å². The maximum atomic E-state index is 5.77. The van der Waals surface area contributed by atoms with Crippen molar-refractivity contribution in [3.63, 3.8) is 0 Å². The van der Waals surface area contributed by atoms with Crippen LogP contribution in [0.3, 0.4) is 0 Å². The van der Waals surface area contributed by atoms with Crippen molar-refractivity contribution in [3.8, 4) is 0 Å². The van der Waals surface area contributed by atoms with Gasteiger partial charge in [-0.25, -0.2) is 0 Å². The van der Waals surface area contributed by atoms with Gasteiger partial charge in [0.2, 0.25) is 0 Å². The SMILES string of the molecule is CCn1cccc1/C=C(/C)C(C)N. The lowest BCUT2D eigenvalue weighted by atomic mass is 10.1. The Labute approximate surface area is 80.1 Å². The van der Waals surface area contributed by atoms with Crippen molar-refractivity contribution in [2.24, 2.45) is 5.73 Å². The van der Waals surface area contributed by atoms with Gasteiger partial charge < -0.3 is 10.3 Å². The molecule has 1 atom stereocenters. The van der Waals surface area contributed by atoms with Gasteiger partial charge in [-0.2, -0.15) is 0 Å². The Hall–Kier alpha value is -1.02. The summed E-state index contributed by atoms with van der Waals surface area (Å²) in [5.74, 6) is 0. The van der Waals surface area contributed by atoms with E-state index in [1.165, 1.54) is 11.3 Å². The Morgan fingerprint density at radius 2 is 2.38 bits per heavy atom. The van der Waals surface area contributed by atoms with E-state index in [9.17, 15) is 0 Å². The van der Waals surface area contributed by atoms with Crippen LogP contribution in [-0.4, -0.2) is 10.6 Å². The standard InChI is InChI=1S/C11H18N2/c1-4-13-7-5-6-11(13)8-9(2)10(3)12/h5-8,10H,4,12H2,1-3H3/b9-8-. The van der Waals surface area contributed by atoms with Gasteiger partial charge in [-0.15, -0.1) is 0 Å². The molecule has 1 aromatic rings. The van der Waals surface area contributed by atoms with E-state index < -0.39 is 0 Å². The van der Waals surface area contributed by atoms with E-state index in [-0.39, 0.29) is 6.04 Å². The van der Waals surface area contributed by atoms with Crippen molar-refractivity contribution in [2.45, 2.75) is 33.4 Å². The molecule has 0 amide bonds. The van der Waals surface area contributed by atoms with Gasteiger partial charge in [-0.1, -0.05) is 5.57 Å². The minimum absolute atomic E-state index is 0.139. The third kappa shape index (κ3) is 2.46. The molecule has 0 fully saturated rings. The van der Waals surface area contributed by atoms with E-state index in [1.807, 2.05) is 6.92 Å². The van der Waals surface area contributed by atoms with Crippen LogP contribution in [0.4, 0.5) is 0 Å². The smallest absolute Gasteiger partial charge is 0.0406 e. The predicted molar refractivity (Wildman–Crippen MR) is 57.4 cm³/mol. The molecule has 0 aliphatic rings. The second kappa shape index (κ2) is 4.28. The number of hydrogen-bond donors (Lipinski definition) is 1. The average molecular weight is 178 g/mol. The molecule has 1 rings (SSSR count). The molecule has 0 aromatic carbocycles. The molecule has 0 spiro atoms. The molecular weight excluding hydrogens is 160 g/mol. The summed E-state index contributed by atoms with van der Waals surface area (Å²) in [6, 6.07) is 4.30. The number of rotatable bonds is 3. The van der Waals surface area contributed by atoms with Crippen molar-refractivity contribution in [1.29, 1.82) is 0 Å². The van der Waals surface area contributed by atoms with E-state index in [0.717, 1.165) is 6.54 Å². The molecule has 0 aliphatic heterocycles. The van der Waals surface area contributed by atoms with Gasteiger partial charge in [0.05, 0.1) is 0 Å². The second-order valence-electron chi connectivity index (χ2n) is 3.40. The van der Waals surface area contributed by atoms with E-state index in [2.05, 4.69) is 42.8 Å². The van der Waals surface area contributed by atoms with Crippen LogP contribution in [0.5, 0.6) is 0 Å². The minimum atomic E-state index is 0.139. The number of nitrogens with zero attached hydrogens (tertiary/aromatic N) is 1. The first-order valence-corrected chi connectivity index (χ1v) is 4.74. The molecule has 2 nitrogen and oxygen atoms in total. The molecule has 13 heavy (non-hydrogen) atoms. The molecule has 2 heteroatoms. The monoisotopic (exact) mass is 178 g/mol. The van der Waals surface area contributed by atoms with E-state index in [4.69, 9.17) is 5.73 Å². The quantitative estimate of drug-likeness (QED) is 0.756. The highest BCUT2D eigenvalue weighted by Crippen LogP contribution is 2.09. The molecule has 0 aliphatic carbocycles. The van der Waals surface area contributed by atoms with Gasteiger partial charge in [0, 0.05) is 24.5 Å². The normalized spacial score (nSPS) is 14.6. The topological polar surface area (TPSA) is 30.9 Å². The summed E-state index contributed by atoms with van der Waals surface area (Å²) in [6.07, 6.45) is 4.23. The van der Waals surface area contributed by atoms with Crippen LogP contribution in [0.2, 0.25) is 0 Å². The molecule has 1 heterocycles. The van der Waals surface area contributed by atoms with Gasteiger partial charge in [0.15, 0.2) is 0 Å². The summed E-state index contributed by atoms with van der Waals surface area (Å²) in [5, 5.41) is 0. The average Bonchev–Trinajstić information content (AvgIpc) is 2.51. The van der Waals surface area contributed by atoms with Crippen molar-refractivity contribution in [3.05, 3.63) is 29.6 Å². The lowest BCUT2D eigenvalue weighted by Gasteiger charge is -2.07. The molecule has 0 saturated carbocycles. The van der Waals surface area contributed by atoms with E-state index in [0.29, 0.717) is 0 Å². The fourth-order valence-corrected chi connectivity index (χ4v) is 1.21. The molecule has 72 valence electrons. The first kappa shape index (κ1) is 10.1. The van der Waals surface area contributed by atoms with Gasteiger partial charge in [-0.3, -0.25) is 0 Å². The molecule has 0 bridgehead atoms. The summed E-state index contributed by atoms with van der Waals surface area (Å²) < 4.78 is 2.20. The highest BCUT2D eigenvalue weighted by Gasteiger charge is 1.99. The second-order valence-corrected chi connectivity index (χ2v) is 3.40. The van der Waals surface area contributed by atoms with Crippen molar-refractivity contribution in [2.75, 3.05) is 0 Å². The van der Waals surface area contributed by atoms with Gasteiger partial charge in [0.25, 0.3) is 0 Å². The number of aromatic nitrogens is 1. The molecule has 1 unspecified atom stereocenters. The lowest BCUT2D eigenvalue weighted by molar-refractivity contribution is 0.759. The summed E-state index contributed by atoms with van der Waals surface area (Å²) in [5.41, 5.74) is 8.22. The number of hydrogen-bond acceptors (Lipinski definition) is 1. The summed E-state index contributed by atoms with van der Waals surface area (Å²) in [7, 11) is 0. The fourth-order valence-electron chi connectivity index (χ4n) is 1.21. The first-order chi connectivity index (χ1) is 6.15. The maximum absolute atomic E-state index is 5.77. The van der Waals surface area contributed by atoms with Crippen LogP contribution in [0, 0.1) is 0 Å². The lowest BCUT2D eigenvalue weighted by Crippen LogP contribution is -2.15. The number of aryl methyl sites for hydroxylation is 1. The van der Waals surface area contributed by atoms with Gasteiger partial charge in [0.1, 0.15) is 0 Å². The summed E-state index contributed by atoms with van der Waals surface area (Å²) in [6.45, 7) is 7.21. The van der Waals surface area contributed by atoms with Gasteiger partial charge in [-0.05, 0) is 39.0 Å². The number of nitrogens with two attached hydrogens (primary N) is 1. The Bertz CT molecular complexity index is 295. The van der Waals surface area contributed by atoms with Crippen LogP contribution >= 0.6 is 0 Å². The predicted octanol–water partition coefficient (Wildman–Crippen LogP) is 2.26. The Balaban J connectivity index is 2.89. The van der Waals surface area contributed by atoms with Crippen molar-refractivity contribution >= 4 is 6.08 Å². The van der Waals surface area contributed by atoms with Crippen LogP contribution in [0.15, 0.2) is 23.9 Å². The molecule has 0 saturated heterocycles.